The number of hydrogen-bond donors (Lipinski definition) is 1. The van der Waals surface area contributed by atoms with Crippen molar-refractivity contribution in [2.24, 2.45) is 4.99 Å². The highest BCUT2D eigenvalue weighted by Crippen LogP contribution is 2.11. The predicted octanol–water partition coefficient (Wildman–Crippen LogP) is 0.852. The number of aromatic nitrogens is 1. The van der Waals surface area contributed by atoms with E-state index in [1.54, 1.807) is 12.4 Å². The highest BCUT2D eigenvalue weighted by Gasteiger charge is 2.24. The van der Waals surface area contributed by atoms with E-state index in [0.717, 1.165) is 37.0 Å². The van der Waals surface area contributed by atoms with Crippen molar-refractivity contribution in [3.8, 4) is 0 Å². The number of amides is 1. The number of benzene rings is 1. The summed E-state index contributed by atoms with van der Waals surface area (Å²) in [5, 5.41) is 1.53. The van der Waals surface area contributed by atoms with Crippen LogP contribution in [0.1, 0.15) is 34.1 Å². The Morgan fingerprint density at radius 2 is 1.97 bits per heavy atom. The number of H-pyrrole nitrogens is 1. The van der Waals surface area contributed by atoms with Crippen LogP contribution in [0.15, 0.2) is 41.5 Å². The molecule has 4 rings (SSSR count). The zero-order valence-electron chi connectivity index (χ0n) is 17.2. The number of nitrogens with one attached hydrogen (secondary N) is 1. The molecule has 2 aliphatic rings. The van der Waals surface area contributed by atoms with Crippen molar-refractivity contribution in [2.75, 3.05) is 26.7 Å². The van der Waals surface area contributed by atoms with E-state index in [9.17, 15) is 14.4 Å². The van der Waals surface area contributed by atoms with Gasteiger partial charge in [-0.25, -0.2) is 0 Å². The van der Waals surface area contributed by atoms with Crippen molar-refractivity contribution >= 4 is 36.5 Å². The Balaban J connectivity index is 0.000000172. The normalized spacial score (nSPS) is 18.1. The largest absolute Gasteiger partial charge is 0.361 e. The van der Waals surface area contributed by atoms with E-state index in [1.807, 2.05) is 41.3 Å². The van der Waals surface area contributed by atoms with Crippen LogP contribution < -0.4 is 10.6 Å². The number of rotatable bonds is 3. The fourth-order valence-corrected chi connectivity index (χ4v) is 3.38. The van der Waals surface area contributed by atoms with Crippen molar-refractivity contribution < 1.29 is 14.4 Å². The fourth-order valence-electron chi connectivity index (χ4n) is 3.38. The van der Waals surface area contributed by atoms with Gasteiger partial charge in [0.2, 0.25) is 5.78 Å². The lowest BCUT2D eigenvalue weighted by atomic mass is 10.1. The summed E-state index contributed by atoms with van der Waals surface area (Å²) in [7, 11) is 2.11. The minimum Gasteiger partial charge on any atom is -0.361 e. The molecular weight excluding hydrogens is 380 g/mol. The van der Waals surface area contributed by atoms with Gasteiger partial charge in [-0.15, -0.1) is 0 Å². The molecule has 0 spiro atoms. The third kappa shape index (κ3) is 4.99. The van der Waals surface area contributed by atoms with E-state index in [1.165, 1.54) is 6.20 Å². The van der Waals surface area contributed by atoms with E-state index < -0.39 is 5.78 Å². The second kappa shape index (κ2) is 9.93. The molecule has 1 atom stereocenters. The minimum atomic E-state index is -0.524. The molecule has 3 heterocycles. The van der Waals surface area contributed by atoms with Crippen LogP contribution in [0.4, 0.5) is 0 Å². The molecule has 1 N–H and O–H groups in total. The van der Waals surface area contributed by atoms with Crippen LogP contribution >= 0.6 is 0 Å². The Bertz CT molecular complexity index is 1060. The fraction of sp³-hybridized carbons (Fsp3) is 0.304. The number of piperazine rings is 1. The van der Waals surface area contributed by atoms with Crippen LogP contribution in [0.2, 0.25) is 0 Å². The summed E-state index contributed by atoms with van der Waals surface area (Å²) in [6.07, 6.45) is 7.82. The Hall–Kier alpha value is -3.32. The minimum absolute atomic E-state index is 0.153. The monoisotopic (exact) mass is 406 g/mol. The summed E-state index contributed by atoms with van der Waals surface area (Å²) in [5.41, 5.74) is 1.17. The topological polar surface area (TPSA) is 85.8 Å². The second-order valence-corrected chi connectivity index (χ2v) is 7.36. The maximum Gasteiger partial charge on any atom is 0.253 e. The number of nitrogens with zero attached hydrogens (tertiary/aromatic N) is 3. The maximum absolute atomic E-state index is 12.2. The number of aromatic amines is 1. The molecule has 0 unspecified atom stereocenters. The van der Waals surface area contributed by atoms with Gasteiger partial charge in [0.15, 0.2) is 6.29 Å². The van der Waals surface area contributed by atoms with Crippen LogP contribution in [-0.2, 0) is 4.79 Å². The standard InChI is InChI=1S/C13H18N2O.C10H8N2O2/c1-11-10-15(9-8-14(11)2)13(16)12-6-4-3-5-7-12;13-6-10(14)8-5-12-9-2-1-3-11-4-7(8)9/h3-7,11H,8-10H2,1-2H3;2-6,12H,1H2/t11-;/m1./s1. The average Bonchev–Trinajstić information content (AvgIpc) is 3.03. The third-order valence-corrected chi connectivity index (χ3v) is 5.33. The van der Waals surface area contributed by atoms with Gasteiger partial charge in [0, 0.05) is 66.8 Å². The van der Waals surface area contributed by atoms with Crippen LogP contribution in [0.5, 0.6) is 0 Å². The zero-order valence-corrected chi connectivity index (χ0v) is 17.2. The SMILES string of the molecule is C[C@@H]1CN(C(=O)c2ccccc2)CCN1C.O=CC(=O)c1c[nH]c2c1=CN=CCC=2. The van der Waals surface area contributed by atoms with Gasteiger partial charge < -0.3 is 14.8 Å². The smallest absolute Gasteiger partial charge is 0.253 e. The molecular formula is C23H26N4O3. The maximum atomic E-state index is 12.2. The first-order chi connectivity index (χ1) is 14.5. The van der Waals surface area contributed by atoms with Crippen molar-refractivity contribution in [1.82, 2.24) is 14.8 Å². The number of hydrogen-bond acceptors (Lipinski definition) is 5. The Morgan fingerprint density at radius 3 is 2.67 bits per heavy atom. The van der Waals surface area contributed by atoms with E-state index in [2.05, 4.69) is 28.8 Å². The number of fused-ring (bicyclic) bond motifs is 1. The van der Waals surface area contributed by atoms with Crippen LogP contribution in [-0.4, -0.2) is 71.7 Å². The summed E-state index contributed by atoms with van der Waals surface area (Å²) in [6.45, 7) is 4.77. The Labute approximate surface area is 175 Å². The van der Waals surface area contributed by atoms with Gasteiger partial charge in [0.1, 0.15) is 0 Å². The third-order valence-electron chi connectivity index (χ3n) is 5.33. The summed E-state index contributed by atoms with van der Waals surface area (Å²) in [4.78, 5) is 44.9. The van der Waals surface area contributed by atoms with Gasteiger partial charge >= 0.3 is 0 Å². The first kappa shape index (κ1) is 21.4. The molecule has 2 aliphatic heterocycles. The summed E-state index contributed by atoms with van der Waals surface area (Å²) in [6, 6.07) is 9.96. The van der Waals surface area contributed by atoms with Gasteiger partial charge in [-0.2, -0.15) is 0 Å². The number of carbonyl (C=O) groups excluding carboxylic acids is 3. The molecule has 0 saturated carbocycles. The molecule has 1 amide bonds. The first-order valence-corrected chi connectivity index (χ1v) is 9.94. The molecule has 156 valence electrons. The summed E-state index contributed by atoms with van der Waals surface area (Å²) in [5.74, 6) is -0.371. The van der Waals surface area contributed by atoms with E-state index in [4.69, 9.17) is 0 Å². The number of ketones is 1. The number of aldehydes is 1. The quantitative estimate of drug-likeness (QED) is 0.465. The lowest BCUT2D eigenvalue weighted by Crippen LogP contribution is -2.51. The molecule has 0 bridgehead atoms. The van der Waals surface area contributed by atoms with E-state index in [0.29, 0.717) is 23.1 Å². The molecule has 7 heteroatoms. The van der Waals surface area contributed by atoms with E-state index >= 15 is 0 Å². The molecule has 30 heavy (non-hydrogen) atoms. The number of Topliss-reactive ketones (excluding diaryl/α,β-unsaturated/α-hetero) is 1. The number of carbonyl (C=O) groups is 3. The van der Waals surface area contributed by atoms with Gasteiger partial charge in [-0.05, 0) is 26.1 Å². The molecule has 0 radical (unpaired) electrons. The molecule has 7 nitrogen and oxygen atoms in total. The van der Waals surface area contributed by atoms with Crippen LogP contribution in [0.3, 0.4) is 0 Å². The van der Waals surface area contributed by atoms with Crippen LogP contribution in [0, 0.1) is 0 Å². The Kier molecular flexibility index (Phi) is 7.08. The van der Waals surface area contributed by atoms with Gasteiger partial charge in [-0.1, -0.05) is 24.3 Å². The molecule has 1 aromatic carbocycles. The number of likely N-dealkylation sites (N-methyl/N-ethyl adjacent to an activating group) is 1. The second-order valence-electron chi connectivity index (χ2n) is 7.36. The van der Waals surface area contributed by atoms with Gasteiger partial charge in [0.05, 0.1) is 5.56 Å². The van der Waals surface area contributed by atoms with Gasteiger partial charge in [0.25, 0.3) is 5.91 Å². The number of aliphatic imine (C=N–C) groups is 1. The zero-order chi connectivity index (χ0) is 21.5. The van der Waals surface area contributed by atoms with Crippen molar-refractivity contribution in [1.29, 1.82) is 0 Å². The molecule has 2 aromatic rings. The molecule has 0 aliphatic carbocycles. The molecule has 1 fully saturated rings. The van der Waals surface area contributed by atoms with Crippen LogP contribution in [0.25, 0.3) is 12.3 Å². The van der Waals surface area contributed by atoms with Crippen molar-refractivity contribution in [3.63, 3.8) is 0 Å². The first-order valence-electron chi connectivity index (χ1n) is 9.94. The van der Waals surface area contributed by atoms with E-state index in [-0.39, 0.29) is 5.91 Å². The van der Waals surface area contributed by atoms with Crippen molar-refractivity contribution in [3.05, 3.63) is 58.2 Å². The average molecular weight is 406 g/mol. The van der Waals surface area contributed by atoms with Gasteiger partial charge in [-0.3, -0.25) is 19.4 Å². The lowest BCUT2D eigenvalue weighted by molar-refractivity contribution is -0.104. The predicted molar refractivity (Wildman–Crippen MR) is 117 cm³/mol. The Morgan fingerprint density at radius 1 is 1.20 bits per heavy atom. The van der Waals surface area contributed by atoms with Crippen molar-refractivity contribution in [2.45, 2.75) is 19.4 Å². The highest BCUT2D eigenvalue weighted by atomic mass is 16.2. The summed E-state index contributed by atoms with van der Waals surface area (Å²) >= 11 is 0. The lowest BCUT2D eigenvalue weighted by Gasteiger charge is -2.37. The molecule has 1 saturated heterocycles. The molecule has 1 aromatic heterocycles. The highest BCUT2D eigenvalue weighted by molar-refractivity contribution is 6.33. The summed E-state index contributed by atoms with van der Waals surface area (Å²) < 4.78 is 0.